The predicted octanol–water partition coefficient (Wildman–Crippen LogP) is 4.08. The molecule has 0 unspecified atom stereocenters. The Morgan fingerprint density at radius 2 is 1.64 bits per heavy atom. The number of nitro benzene ring substituents is 1. The smallest absolute Gasteiger partial charge is 0.295 e. The van der Waals surface area contributed by atoms with E-state index in [2.05, 4.69) is 10.2 Å². The van der Waals surface area contributed by atoms with Crippen LogP contribution in [-0.4, -0.2) is 21.0 Å². The number of carbonyl (C=O) groups is 1. The lowest BCUT2D eigenvalue weighted by Crippen LogP contribution is -1.94. The SMILES string of the molecule is O=C(N=Nc1cc(O)c2ccccc2c1O)c1ccc([N+](=O)[O-])cc1. The summed E-state index contributed by atoms with van der Waals surface area (Å²) < 4.78 is 0. The van der Waals surface area contributed by atoms with E-state index in [1.807, 2.05) is 0 Å². The number of rotatable bonds is 3. The molecule has 0 atom stereocenters. The first-order valence-electron chi connectivity index (χ1n) is 7.11. The number of non-ortho nitro benzene ring substituents is 1. The number of aromatic hydroxyl groups is 2. The van der Waals surface area contributed by atoms with E-state index in [4.69, 9.17) is 0 Å². The van der Waals surface area contributed by atoms with Crippen molar-refractivity contribution in [2.24, 2.45) is 10.2 Å². The fourth-order valence-corrected chi connectivity index (χ4v) is 2.29. The van der Waals surface area contributed by atoms with Crippen LogP contribution in [0.2, 0.25) is 0 Å². The summed E-state index contributed by atoms with van der Waals surface area (Å²) in [6.07, 6.45) is 0. The maximum Gasteiger partial charge on any atom is 0.295 e. The molecule has 8 heteroatoms. The molecule has 0 aliphatic rings. The zero-order valence-corrected chi connectivity index (χ0v) is 12.7. The molecule has 2 N–H and O–H groups in total. The zero-order chi connectivity index (χ0) is 18.0. The normalized spacial score (nSPS) is 11.0. The maximum absolute atomic E-state index is 12.0. The van der Waals surface area contributed by atoms with Crippen LogP contribution in [0.15, 0.2) is 64.8 Å². The highest BCUT2D eigenvalue weighted by Crippen LogP contribution is 2.40. The van der Waals surface area contributed by atoms with Crippen molar-refractivity contribution < 1.29 is 19.9 Å². The van der Waals surface area contributed by atoms with Gasteiger partial charge >= 0.3 is 0 Å². The summed E-state index contributed by atoms with van der Waals surface area (Å²) in [5.41, 5.74) is -0.101. The summed E-state index contributed by atoms with van der Waals surface area (Å²) in [6.45, 7) is 0. The van der Waals surface area contributed by atoms with Crippen LogP contribution < -0.4 is 0 Å². The molecule has 0 fully saturated rings. The topological polar surface area (TPSA) is 125 Å². The van der Waals surface area contributed by atoms with Crippen molar-refractivity contribution in [3.05, 3.63) is 70.3 Å². The molecule has 0 bridgehead atoms. The van der Waals surface area contributed by atoms with Crippen LogP contribution in [0.1, 0.15) is 10.4 Å². The maximum atomic E-state index is 12.0. The molecule has 0 aromatic heterocycles. The van der Waals surface area contributed by atoms with Gasteiger partial charge in [-0.3, -0.25) is 14.9 Å². The molecular formula is C17H11N3O5. The minimum atomic E-state index is -0.734. The minimum Gasteiger partial charge on any atom is -0.507 e. The molecule has 0 saturated heterocycles. The van der Waals surface area contributed by atoms with Crippen molar-refractivity contribution in [2.45, 2.75) is 0 Å². The molecule has 0 radical (unpaired) electrons. The van der Waals surface area contributed by atoms with Gasteiger partial charge in [0.05, 0.1) is 4.92 Å². The van der Waals surface area contributed by atoms with Gasteiger partial charge in [0.15, 0.2) is 5.75 Å². The Morgan fingerprint density at radius 3 is 2.28 bits per heavy atom. The van der Waals surface area contributed by atoms with Gasteiger partial charge < -0.3 is 10.2 Å². The summed E-state index contributed by atoms with van der Waals surface area (Å²) >= 11 is 0. The Labute approximate surface area is 140 Å². The Kier molecular flexibility index (Phi) is 4.09. The summed E-state index contributed by atoms with van der Waals surface area (Å²) in [5, 5.41) is 38.8. The van der Waals surface area contributed by atoms with Crippen LogP contribution >= 0.6 is 0 Å². The van der Waals surface area contributed by atoms with Crippen LogP contribution in [0, 0.1) is 10.1 Å². The number of hydrogen-bond donors (Lipinski definition) is 2. The quantitative estimate of drug-likeness (QED) is 0.322. The van der Waals surface area contributed by atoms with Gasteiger partial charge in [0.25, 0.3) is 11.6 Å². The molecule has 0 saturated carbocycles. The highest BCUT2D eigenvalue weighted by Gasteiger charge is 2.12. The summed E-state index contributed by atoms with van der Waals surface area (Å²) in [5.74, 6) is -1.05. The van der Waals surface area contributed by atoms with E-state index < -0.39 is 10.8 Å². The number of carbonyl (C=O) groups excluding carboxylic acids is 1. The van der Waals surface area contributed by atoms with E-state index in [1.54, 1.807) is 24.3 Å². The predicted molar refractivity (Wildman–Crippen MR) is 89.2 cm³/mol. The first-order valence-corrected chi connectivity index (χ1v) is 7.11. The number of benzene rings is 3. The number of phenols is 2. The first kappa shape index (κ1) is 16.1. The van der Waals surface area contributed by atoms with Crippen LogP contribution in [-0.2, 0) is 0 Å². The molecule has 3 aromatic carbocycles. The Bertz CT molecular complexity index is 1010. The second-order valence-corrected chi connectivity index (χ2v) is 5.12. The second kappa shape index (κ2) is 6.36. The van der Waals surface area contributed by atoms with E-state index in [-0.39, 0.29) is 28.4 Å². The van der Waals surface area contributed by atoms with Crippen molar-refractivity contribution in [3.8, 4) is 11.5 Å². The van der Waals surface area contributed by atoms with Gasteiger partial charge in [0.2, 0.25) is 0 Å². The van der Waals surface area contributed by atoms with Crippen molar-refractivity contribution in [3.63, 3.8) is 0 Å². The van der Waals surface area contributed by atoms with Crippen LogP contribution in [0.4, 0.5) is 11.4 Å². The van der Waals surface area contributed by atoms with E-state index in [1.165, 1.54) is 30.3 Å². The first-order chi connectivity index (χ1) is 12.0. The average Bonchev–Trinajstić information content (AvgIpc) is 2.63. The second-order valence-electron chi connectivity index (χ2n) is 5.12. The number of nitrogens with zero attached hydrogens (tertiary/aromatic N) is 3. The lowest BCUT2D eigenvalue weighted by atomic mass is 10.1. The Hall–Kier alpha value is -3.81. The molecule has 0 aliphatic carbocycles. The zero-order valence-electron chi connectivity index (χ0n) is 12.7. The fourth-order valence-electron chi connectivity index (χ4n) is 2.29. The third kappa shape index (κ3) is 3.13. The van der Waals surface area contributed by atoms with Crippen LogP contribution in [0.5, 0.6) is 11.5 Å². The van der Waals surface area contributed by atoms with Gasteiger partial charge in [-0.05, 0) is 12.1 Å². The van der Waals surface area contributed by atoms with Gasteiger partial charge in [-0.2, -0.15) is 0 Å². The molecule has 0 heterocycles. The van der Waals surface area contributed by atoms with Crippen LogP contribution in [0.3, 0.4) is 0 Å². The van der Waals surface area contributed by atoms with Gasteiger partial charge in [-0.25, -0.2) is 0 Å². The third-order valence-corrected chi connectivity index (χ3v) is 3.55. The molecule has 8 nitrogen and oxygen atoms in total. The Balaban J connectivity index is 1.91. The van der Waals surface area contributed by atoms with Crippen molar-refractivity contribution in [1.29, 1.82) is 0 Å². The third-order valence-electron chi connectivity index (χ3n) is 3.55. The van der Waals surface area contributed by atoms with E-state index >= 15 is 0 Å². The molecule has 1 amide bonds. The molecule has 0 spiro atoms. The average molecular weight is 337 g/mol. The fraction of sp³-hybridized carbons (Fsp3) is 0. The van der Waals surface area contributed by atoms with Gasteiger partial charge in [-0.15, -0.1) is 10.2 Å². The minimum absolute atomic E-state index is 0.0635. The largest absolute Gasteiger partial charge is 0.507 e. The van der Waals surface area contributed by atoms with Crippen molar-refractivity contribution >= 4 is 28.1 Å². The highest BCUT2D eigenvalue weighted by atomic mass is 16.6. The monoisotopic (exact) mass is 337 g/mol. The number of azo groups is 1. The van der Waals surface area contributed by atoms with Crippen LogP contribution in [0.25, 0.3) is 10.8 Å². The summed E-state index contributed by atoms with van der Waals surface area (Å²) in [7, 11) is 0. The van der Waals surface area contributed by atoms with E-state index in [9.17, 15) is 25.1 Å². The summed E-state index contributed by atoms with van der Waals surface area (Å²) in [4.78, 5) is 22.0. The number of fused-ring (bicyclic) bond motifs is 1. The lowest BCUT2D eigenvalue weighted by molar-refractivity contribution is -0.384. The van der Waals surface area contributed by atoms with E-state index in [0.29, 0.717) is 10.8 Å². The number of amides is 1. The molecule has 3 rings (SSSR count). The molecular weight excluding hydrogens is 326 g/mol. The molecule has 0 aliphatic heterocycles. The van der Waals surface area contributed by atoms with Gasteiger partial charge in [0.1, 0.15) is 11.4 Å². The van der Waals surface area contributed by atoms with Crippen molar-refractivity contribution in [1.82, 2.24) is 0 Å². The standard InChI is InChI=1S/C17H11N3O5/c21-15-9-14(16(22)13-4-2-1-3-12(13)15)18-19-17(23)10-5-7-11(8-6-10)20(24)25/h1-9,21-22H. The van der Waals surface area contributed by atoms with Crippen molar-refractivity contribution in [2.75, 3.05) is 0 Å². The number of hydrogen-bond acceptors (Lipinski definition) is 6. The molecule has 3 aromatic rings. The van der Waals surface area contributed by atoms with E-state index in [0.717, 1.165) is 0 Å². The number of nitro groups is 1. The van der Waals surface area contributed by atoms with Gasteiger partial charge in [0, 0.05) is 34.5 Å². The Morgan fingerprint density at radius 1 is 1.00 bits per heavy atom. The summed E-state index contributed by atoms with van der Waals surface area (Å²) in [6, 6.07) is 12.7. The molecule has 124 valence electrons. The highest BCUT2D eigenvalue weighted by molar-refractivity contribution is 5.97. The number of phenolic OH excluding ortho intramolecular Hbond substituents is 2. The lowest BCUT2D eigenvalue weighted by Gasteiger charge is -2.05. The molecule has 25 heavy (non-hydrogen) atoms. The van der Waals surface area contributed by atoms with Gasteiger partial charge in [-0.1, -0.05) is 24.3 Å².